The van der Waals surface area contributed by atoms with E-state index < -0.39 is 0 Å². The lowest BCUT2D eigenvalue weighted by Gasteiger charge is -2.09. The van der Waals surface area contributed by atoms with Crippen LogP contribution in [0.15, 0.2) is 53.1 Å². The summed E-state index contributed by atoms with van der Waals surface area (Å²) in [5.41, 5.74) is 1.69. The van der Waals surface area contributed by atoms with Gasteiger partial charge in [0.1, 0.15) is 0 Å². The van der Waals surface area contributed by atoms with Crippen LogP contribution in [0.5, 0.6) is 0 Å². The molecular formula is C18H16N4OS2. The van der Waals surface area contributed by atoms with Crippen LogP contribution in [0, 0.1) is 0 Å². The van der Waals surface area contributed by atoms with Gasteiger partial charge in [-0.2, -0.15) is 0 Å². The fourth-order valence-electron chi connectivity index (χ4n) is 2.74. The summed E-state index contributed by atoms with van der Waals surface area (Å²) >= 11 is 3.06. The van der Waals surface area contributed by atoms with E-state index in [9.17, 15) is 4.79 Å². The first-order chi connectivity index (χ1) is 12.1. The molecule has 25 heavy (non-hydrogen) atoms. The lowest BCUT2D eigenvalue weighted by Crippen LogP contribution is -2.14. The van der Waals surface area contributed by atoms with Crippen molar-refractivity contribution in [1.82, 2.24) is 19.7 Å². The van der Waals surface area contributed by atoms with Crippen LogP contribution in [0.1, 0.15) is 17.3 Å². The van der Waals surface area contributed by atoms with Gasteiger partial charge in [0, 0.05) is 29.7 Å². The summed E-state index contributed by atoms with van der Waals surface area (Å²) in [6, 6.07) is 11.8. The molecule has 4 aromatic rings. The number of H-pyrrole nitrogens is 1. The molecule has 5 nitrogen and oxygen atoms in total. The van der Waals surface area contributed by atoms with Crippen molar-refractivity contribution in [2.45, 2.75) is 17.3 Å². The highest BCUT2D eigenvalue weighted by Crippen LogP contribution is 2.30. The summed E-state index contributed by atoms with van der Waals surface area (Å²) in [4.78, 5) is 17.1. The Morgan fingerprint density at radius 3 is 2.88 bits per heavy atom. The maximum absolute atomic E-state index is 12.9. The van der Waals surface area contributed by atoms with Gasteiger partial charge in [0.2, 0.25) is 0 Å². The predicted octanol–water partition coefficient (Wildman–Crippen LogP) is 4.39. The Hall–Kier alpha value is -2.38. The molecule has 0 saturated carbocycles. The van der Waals surface area contributed by atoms with E-state index in [2.05, 4.69) is 15.2 Å². The van der Waals surface area contributed by atoms with Gasteiger partial charge in [0.15, 0.2) is 16.8 Å². The summed E-state index contributed by atoms with van der Waals surface area (Å²) in [5.74, 6) is 0.910. The molecular weight excluding hydrogens is 352 g/mol. The SMILES string of the molecule is C[C@H](Sc1nnc(-c2cccs2)n1C)C(=O)c1c[nH]c2ccccc12. The van der Waals surface area contributed by atoms with Crippen LogP contribution >= 0.6 is 23.1 Å². The summed E-state index contributed by atoms with van der Waals surface area (Å²) < 4.78 is 1.94. The number of ketones is 1. The average molecular weight is 368 g/mol. The first-order valence-corrected chi connectivity index (χ1v) is 9.61. The number of thiophene rings is 1. The summed E-state index contributed by atoms with van der Waals surface area (Å²) in [5, 5.41) is 12.0. The van der Waals surface area contributed by atoms with Gasteiger partial charge >= 0.3 is 0 Å². The number of aromatic nitrogens is 4. The normalized spacial score (nSPS) is 12.6. The Labute approximate surface area is 153 Å². The van der Waals surface area contributed by atoms with E-state index in [4.69, 9.17) is 0 Å². The van der Waals surface area contributed by atoms with Gasteiger partial charge in [-0.1, -0.05) is 36.0 Å². The summed E-state index contributed by atoms with van der Waals surface area (Å²) in [6.45, 7) is 1.91. The Morgan fingerprint density at radius 2 is 2.08 bits per heavy atom. The zero-order valence-corrected chi connectivity index (χ0v) is 15.4. The maximum atomic E-state index is 12.9. The molecule has 3 aromatic heterocycles. The standard InChI is InChI=1S/C18H16N4OS2/c1-11(16(23)13-10-19-14-7-4-3-6-12(13)14)25-18-21-20-17(22(18)2)15-8-5-9-24-15/h3-11,19H,1-2H3/t11-/m0/s1. The van der Waals surface area contributed by atoms with Crippen LogP contribution in [0.4, 0.5) is 0 Å². The largest absolute Gasteiger partial charge is 0.360 e. The number of nitrogens with zero attached hydrogens (tertiary/aromatic N) is 3. The molecule has 0 unspecified atom stereocenters. The quantitative estimate of drug-likeness (QED) is 0.419. The maximum Gasteiger partial charge on any atom is 0.191 e. The fraction of sp³-hybridized carbons (Fsp3) is 0.167. The van der Waals surface area contributed by atoms with Crippen molar-refractivity contribution in [1.29, 1.82) is 0 Å². The van der Waals surface area contributed by atoms with Crippen LogP contribution in [0.25, 0.3) is 21.6 Å². The van der Waals surface area contributed by atoms with Crippen molar-refractivity contribution >= 4 is 39.8 Å². The zero-order valence-electron chi connectivity index (χ0n) is 13.8. The van der Waals surface area contributed by atoms with Crippen molar-refractivity contribution in [3.63, 3.8) is 0 Å². The van der Waals surface area contributed by atoms with Crippen molar-refractivity contribution < 1.29 is 4.79 Å². The number of fused-ring (bicyclic) bond motifs is 1. The van der Waals surface area contributed by atoms with Crippen molar-refractivity contribution in [3.8, 4) is 10.7 Å². The average Bonchev–Trinajstić information content (AvgIpc) is 3.35. The van der Waals surface area contributed by atoms with E-state index in [-0.39, 0.29) is 11.0 Å². The van der Waals surface area contributed by atoms with Gasteiger partial charge in [-0.05, 0) is 24.4 Å². The molecule has 0 fully saturated rings. The molecule has 1 N–H and O–H groups in total. The van der Waals surface area contributed by atoms with Gasteiger partial charge < -0.3 is 9.55 Å². The minimum Gasteiger partial charge on any atom is -0.360 e. The van der Waals surface area contributed by atoms with Gasteiger partial charge in [-0.25, -0.2) is 0 Å². The highest BCUT2D eigenvalue weighted by atomic mass is 32.2. The first-order valence-electron chi connectivity index (χ1n) is 7.85. The number of para-hydroxylation sites is 1. The molecule has 0 aliphatic rings. The molecule has 0 radical (unpaired) electrons. The number of carbonyl (C=O) groups excluding carboxylic acids is 1. The molecule has 126 valence electrons. The molecule has 0 bridgehead atoms. The minimum atomic E-state index is -0.252. The van der Waals surface area contributed by atoms with E-state index >= 15 is 0 Å². The van der Waals surface area contributed by atoms with Crippen LogP contribution in [-0.4, -0.2) is 30.8 Å². The molecule has 0 amide bonds. The number of nitrogens with one attached hydrogen (secondary N) is 1. The number of benzene rings is 1. The number of carbonyl (C=O) groups is 1. The molecule has 0 aliphatic carbocycles. The Balaban J connectivity index is 1.58. The van der Waals surface area contributed by atoms with Gasteiger partial charge in [0.05, 0.1) is 10.1 Å². The molecule has 4 rings (SSSR count). The minimum absolute atomic E-state index is 0.0862. The third kappa shape index (κ3) is 2.89. The van der Waals surface area contributed by atoms with Crippen molar-refractivity contribution in [2.24, 2.45) is 7.05 Å². The molecule has 1 aromatic carbocycles. The lowest BCUT2D eigenvalue weighted by atomic mass is 10.1. The van der Waals surface area contributed by atoms with Crippen LogP contribution in [-0.2, 0) is 7.05 Å². The van der Waals surface area contributed by atoms with E-state index in [1.165, 1.54) is 11.8 Å². The first kappa shape index (κ1) is 16.1. The number of aromatic amines is 1. The van der Waals surface area contributed by atoms with Crippen molar-refractivity contribution in [2.75, 3.05) is 0 Å². The monoisotopic (exact) mass is 368 g/mol. The van der Waals surface area contributed by atoms with Crippen molar-refractivity contribution in [3.05, 3.63) is 53.5 Å². The third-order valence-corrected chi connectivity index (χ3v) is 6.08. The number of rotatable bonds is 5. The van der Waals surface area contributed by atoms with Gasteiger partial charge in [-0.3, -0.25) is 4.79 Å². The molecule has 1 atom stereocenters. The van der Waals surface area contributed by atoms with E-state index in [1.807, 2.05) is 60.3 Å². The van der Waals surface area contributed by atoms with Crippen LogP contribution < -0.4 is 0 Å². The van der Waals surface area contributed by atoms with Gasteiger partial charge in [-0.15, -0.1) is 21.5 Å². The Morgan fingerprint density at radius 1 is 1.24 bits per heavy atom. The second-order valence-electron chi connectivity index (χ2n) is 5.71. The van der Waals surface area contributed by atoms with Crippen LogP contribution in [0.3, 0.4) is 0 Å². The van der Waals surface area contributed by atoms with E-state index in [0.717, 1.165) is 32.3 Å². The van der Waals surface area contributed by atoms with E-state index in [1.54, 1.807) is 17.5 Å². The Bertz CT molecular complexity index is 1030. The third-order valence-electron chi connectivity index (χ3n) is 4.08. The molecule has 0 spiro atoms. The second kappa shape index (κ2) is 6.50. The number of hydrogen-bond acceptors (Lipinski definition) is 5. The number of hydrogen-bond donors (Lipinski definition) is 1. The van der Waals surface area contributed by atoms with E-state index in [0.29, 0.717) is 0 Å². The predicted molar refractivity (Wildman–Crippen MR) is 102 cm³/mol. The lowest BCUT2D eigenvalue weighted by molar-refractivity contribution is 0.0995. The molecule has 0 saturated heterocycles. The molecule has 0 aliphatic heterocycles. The van der Waals surface area contributed by atoms with Gasteiger partial charge in [0.25, 0.3) is 0 Å². The number of Topliss-reactive ketones (excluding diaryl/α,β-unsaturated/α-hetero) is 1. The summed E-state index contributed by atoms with van der Waals surface area (Å²) in [6.07, 6.45) is 1.79. The molecule has 7 heteroatoms. The topological polar surface area (TPSA) is 63.6 Å². The zero-order chi connectivity index (χ0) is 17.4. The highest BCUT2D eigenvalue weighted by molar-refractivity contribution is 8.00. The second-order valence-corrected chi connectivity index (χ2v) is 7.97. The number of thioether (sulfide) groups is 1. The van der Waals surface area contributed by atoms with Crippen LogP contribution in [0.2, 0.25) is 0 Å². The fourth-order valence-corrected chi connectivity index (χ4v) is 4.37. The molecule has 3 heterocycles. The highest BCUT2D eigenvalue weighted by Gasteiger charge is 2.22. The Kier molecular flexibility index (Phi) is 4.19. The summed E-state index contributed by atoms with van der Waals surface area (Å²) in [7, 11) is 1.93. The smallest absolute Gasteiger partial charge is 0.191 e.